The molecule has 1 heterocycles. The maximum Gasteiger partial charge on any atom is 0.263 e. The van der Waals surface area contributed by atoms with Gasteiger partial charge in [0, 0.05) is 11.6 Å². The van der Waals surface area contributed by atoms with Crippen molar-refractivity contribution in [2.45, 2.75) is 18.4 Å². The van der Waals surface area contributed by atoms with E-state index in [9.17, 15) is 8.42 Å². The minimum Gasteiger partial charge on any atom is -0.380 e. The first kappa shape index (κ1) is 18.2. The molecule has 0 aliphatic heterocycles. The van der Waals surface area contributed by atoms with Gasteiger partial charge in [0.15, 0.2) is 0 Å². The van der Waals surface area contributed by atoms with Crippen LogP contribution in [0.3, 0.4) is 0 Å². The molecule has 26 heavy (non-hydrogen) atoms. The van der Waals surface area contributed by atoms with Gasteiger partial charge in [-0.3, -0.25) is 4.72 Å². The van der Waals surface area contributed by atoms with Crippen molar-refractivity contribution in [1.82, 2.24) is 4.98 Å². The summed E-state index contributed by atoms with van der Waals surface area (Å²) in [5, 5.41) is 3.92. The molecule has 2 aromatic carbocycles. The Balaban J connectivity index is 1.63. The molecule has 3 rings (SSSR count). The first-order chi connectivity index (χ1) is 12.4. The molecule has 0 fully saturated rings. The summed E-state index contributed by atoms with van der Waals surface area (Å²) in [6, 6.07) is 17.6. The van der Waals surface area contributed by atoms with Crippen molar-refractivity contribution >= 4 is 33.1 Å². The molecule has 0 radical (unpaired) electrons. The second kappa shape index (κ2) is 7.76. The fourth-order valence-corrected chi connectivity index (χ4v) is 3.41. The van der Waals surface area contributed by atoms with Crippen molar-refractivity contribution < 1.29 is 8.42 Å². The number of hydrogen-bond acceptors (Lipinski definition) is 4. The van der Waals surface area contributed by atoms with Gasteiger partial charge in [0.25, 0.3) is 10.0 Å². The number of benzene rings is 2. The van der Waals surface area contributed by atoms with Crippen LogP contribution in [-0.4, -0.2) is 13.4 Å². The molecule has 3 aromatic rings. The molecule has 0 aliphatic rings. The maximum absolute atomic E-state index is 12.4. The molecule has 2 N–H and O–H groups in total. The third-order valence-electron chi connectivity index (χ3n) is 3.74. The third-order valence-corrected chi connectivity index (χ3v) is 5.37. The molecule has 5 nitrogen and oxygen atoms in total. The predicted octanol–water partition coefficient (Wildman–Crippen LogP) is 4.46. The minimum absolute atomic E-state index is 0.204. The first-order valence-corrected chi connectivity index (χ1v) is 9.82. The highest BCUT2D eigenvalue weighted by Gasteiger charge is 2.14. The summed E-state index contributed by atoms with van der Waals surface area (Å²) in [5.41, 5.74) is 2.87. The maximum atomic E-state index is 12.4. The molecule has 134 valence electrons. The molecule has 0 spiro atoms. The minimum atomic E-state index is -3.65. The van der Waals surface area contributed by atoms with Crippen LogP contribution < -0.4 is 10.0 Å². The van der Waals surface area contributed by atoms with Gasteiger partial charge in [-0.15, -0.1) is 0 Å². The molecule has 1 aromatic heterocycles. The number of nitrogens with one attached hydrogen (secondary N) is 2. The van der Waals surface area contributed by atoms with Gasteiger partial charge >= 0.3 is 0 Å². The van der Waals surface area contributed by atoms with E-state index in [0.717, 1.165) is 16.8 Å². The Morgan fingerprint density at radius 2 is 1.65 bits per heavy atom. The SMILES string of the molecule is Cc1ccc(S(=O)(=O)Nc2ccc(NCc3ccc(Cl)cc3)cn2)cc1. The topological polar surface area (TPSA) is 71.1 Å². The Morgan fingerprint density at radius 1 is 0.962 bits per heavy atom. The lowest BCUT2D eigenvalue weighted by molar-refractivity contribution is 0.601. The number of sulfonamides is 1. The Bertz CT molecular complexity index is 971. The molecule has 0 saturated heterocycles. The van der Waals surface area contributed by atoms with Crippen molar-refractivity contribution in [2.75, 3.05) is 10.0 Å². The lowest BCUT2D eigenvalue weighted by atomic mass is 10.2. The zero-order chi connectivity index (χ0) is 18.6. The number of anilines is 2. The molecular weight excluding hydrogens is 370 g/mol. The number of nitrogens with zero attached hydrogens (tertiary/aromatic N) is 1. The van der Waals surface area contributed by atoms with E-state index in [0.29, 0.717) is 11.6 Å². The standard InChI is InChI=1S/C19H18ClN3O2S/c1-14-2-9-18(10-3-14)26(24,25)23-19-11-8-17(13-22-19)21-12-15-4-6-16(20)7-5-15/h2-11,13,21H,12H2,1H3,(H,22,23). The third kappa shape index (κ3) is 4.74. The summed E-state index contributed by atoms with van der Waals surface area (Å²) in [6.07, 6.45) is 1.59. The normalized spacial score (nSPS) is 11.2. The van der Waals surface area contributed by atoms with E-state index in [4.69, 9.17) is 11.6 Å². The molecule has 0 saturated carbocycles. The van der Waals surface area contributed by atoms with Gasteiger partial charge in [-0.05, 0) is 48.9 Å². The van der Waals surface area contributed by atoms with Gasteiger partial charge in [0.1, 0.15) is 5.82 Å². The van der Waals surface area contributed by atoms with Gasteiger partial charge in [-0.1, -0.05) is 41.4 Å². The van der Waals surface area contributed by atoms with E-state index >= 15 is 0 Å². The van der Waals surface area contributed by atoms with E-state index < -0.39 is 10.0 Å². The lowest BCUT2D eigenvalue weighted by Crippen LogP contribution is -2.14. The Labute approximate surface area is 158 Å². The first-order valence-electron chi connectivity index (χ1n) is 7.96. The van der Waals surface area contributed by atoms with Gasteiger partial charge in [0.2, 0.25) is 0 Å². The van der Waals surface area contributed by atoms with Crippen LogP contribution in [0.2, 0.25) is 5.02 Å². The molecule has 0 atom stereocenters. The second-order valence-corrected chi connectivity index (χ2v) is 7.95. The Kier molecular flexibility index (Phi) is 5.44. The molecule has 0 unspecified atom stereocenters. The van der Waals surface area contributed by atoms with Crippen LogP contribution in [0.1, 0.15) is 11.1 Å². The molecule has 0 bridgehead atoms. The van der Waals surface area contributed by atoms with E-state index in [1.165, 1.54) is 0 Å². The summed E-state index contributed by atoms with van der Waals surface area (Å²) < 4.78 is 27.2. The van der Waals surface area contributed by atoms with Gasteiger partial charge in [0.05, 0.1) is 16.8 Å². The van der Waals surface area contributed by atoms with Crippen molar-refractivity contribution in [3.63, 3.8) is 0 Å². The Hall–Kier alpha value is -2.57. The Morgan fingerprint density at radius 3 is 2.27 bits per heavy atom. The molecular formula is C19H18ClN3O2S. The summed E-state index contributed by atoms with van der Waals surface area (Å²) >= 11 is 5.86. The highest BCUT2D eigenvalue weighted by molar-refractivity contribution is 7.92. The van der Waals surface area contributed by atoms with E-state index in [-0.39, 0.29) is 10.7 Å². The largest absolute Gasteiger partial charge is 0.380 e. The zero-order valence-electron chi connectivity index (χ0n) is 14.1. The predicted molar refractivity (Wildman–Crippen MR) is 105 cm³/mol. The molecule has 0 aliphatic carbocycles. The lowest BCUT2D eigenvalue weighted by Gasteiger charge is -2.09. The summed E-state index contributed by atoms with van der Waals surface area (Å²) in [4.78, 5) is 4.36. The fraction of sp³-hybridized carbons (Fsp3) is 0.105. The molecule has 0 amide bonds. The smallest absolute Gasteiger partial charge is 0.263 e. The van der Waals surface area contributed by atoms with Crippen LogP contribution in [0, 0.1) is 6.92 Å². The van der Waals surface area contributed by atoms with Crippen LogP contribution in [0.5, 0.6) is 0 Å². The highest BCUT2D eigenvalue weighted by Crippen LogP contribution is 2.17. The van der Waals surface area contributed by atoms with Crippen LogP contribution in [0.15, 0.2) is 71.8 Å². The van der Waals surface area contributed by atoms with Gasteiger partial charge in [-0.25, -0.2) is 13.4 Å². The number of halogens is 1. The number of aryl methyl sites for hydroxylation is 1. The van der Waals surface area contributed by atoms with Crippen molar-refractivity contribution in [1.29, 1.82) is 0 Å². The van der Waals surface area contributed by atoms with Crippen LogP contribution in [-0.2, 0) is 16.6 Å². The van der Waals surface area contributed by atoms with Gasteiger partial charge < -0.3 is 5.32 Å². The number of pyridine rings is 1. The summed E-state index contributed by atoms with van der Waals surface area (Å²) in [6.45, 7) is 2.52. The monoisotopic (exact) mass is 387 g/mol. The number of rotatable bonds is 6. The second-order valence-electron chi connectivity index (χ2n) is 5.83. The van der Waals surface area contributed by atoms with Crippen LogP contribution in [0.4, 0.5) is 11.5 Å². The van der Waals surface area contributed by atoms with Crippen LogP contribution in [0.25, 0.3) is 0 Å². The van der Waals surface area contributed by atoms with E-state index in [1.54, 1.807) is 42.6 Å². The highest BCUT2D eigenvalue weighted by atomic mass is 35.5. The van der Waals surface area contributed by atoms with Crippen molar-refractivity contribution in [3.05, 3.63) is 83.0 Å². The average molecular weight is 388 g/mol. The number of aromatic nitrogens is 1. The zero-order valence-corrected chi connectivity index (χ0v) is 15.7. The quantitative estimate of drug-likeness (QED) is 0.655. The van der Waals surface area contributed by atoms with E-state index in [2.05, 4.69) is 15.0 Å². The van der Waals surface area contributed by atoms with Gasteiger partial charge in [-0.2, -0.15) is 0 Å². The van der Waals surface area contributed by atoms with Crippen molar-refractivity contribution in [3.8, 4) is 0 Å². The van der Waals surface area contributed by atoms with Crippen molar-refractivity contribution in [2.24, 2.45) is 0 Å². The summed E-state index contributed by atoms with van der Waals surface area (Å²) in [7, 11) is -3.65. The van der Waals surface area contributed by atoms with Crippen LogP contribution >= 0.6 is 11.6 Å². The fourth-order valence-electron chi connectivity index (χ4n) is 2.28. The molecule has 7 heteroatoms. The average Bonchev–Trinajstić information content (AvgIpc) is 2.62. The number of hydrogen-bond donors (Lipinski definition) is 2. The van der Waals surface area contributed by atoms with E-state index in [1.807, 2.05) is 31.2 Å². The summed E-state index contributed by atoms with van der Waals surface area (Å²) in [5.74, 6) is 0.266.